The van der Waals surface area contributed by atoms with Crippen LogP contribution < -0.4 is 14.2 Å². The molecule has 2 aliphatic rings. The molecule has 2 aliphatic heterocycles. The summed E-state index contributed by atoms with van der Waals surface area (Å²) in [5.41, 5.74) is 6.25. The molecule has 0 spiro atoms. The molecule has 0 bridgehead atoms. The van der Waals surface area contributed by atoms with Crippen molar-refractivity contribution < 1.29 is 14.2 Å². The number of benzene rings is 3. The minimum atomic E-state index is 0.131. The smallest absolute Gasteiger partial charge is 0.123 e. The summed E-state index contributed by atoms with van der Waals surface area (Å²) in [7, 11) is 1.70. The Bertz CT molecular complexity index is 1160. The first kappa shape index (κ1) is 24.5. The van der Waals surface area contributed by atoms with Gasteiger partial charge in [0.05, 0.1) is 13.7 Å². The third kappa shape index (κ3) is 5.93. The molecule has 0 amide bonds. The van der Waals surface area contributed by atoms with Gasteiger partial charge in [0, 0.05) is 24.4 Å². The molecule has 1 fully saturated rings. The molecule has 1 unspecified atom stereocenters. The minimum Gasteiger partial charge on any atom is -0.497 e. The van der Waals surface area contributed by atoms with Gasteiger partial charge in [0.2, 0.25) is 0 Å². The highest BCUT2D eigenvalue weighted by molar-refractivity contribution is 5.61. The van der Waals surface area contributed by atoms with Crippen molar-refractivity contribution in [3.8, 4) is 17.2 Å². The predicted molar refractivity (Wildman–Crippen MR) is 146 cm³/mol. The van der Waals surface area contributed by atoms with Crippen LogP contribution in [0.4, 0.5) is 0 Å². The lowest BCUT2D eigenvalue weighted by atomic mass is 9.82. The normalized spacial score (nSPS) is 19.3. The first-order chi connectivity index (χ1) is 17.7. The number of rotatable bonds is 7. The Morgan fingerprint density at radius 2 is 1.67 bits per heavy atom. The average molecular weight is 484 g/mol. The number of piperidine rings is 1. The third-order valence-corrected chi connectivity index (χ3v) is 7.30. The highest BCUT2D eigenvalue weighted by Crippen LogP contribution is 2.42. The summed E-state index contributed by atoms with van der Waals surface area (Å²) in [6.45, 7) is 6.97. The molecule has 36 heavy (non-hydrogen) atoms. The summed E-state index contributed by atoms with van der Waals surface area (Å²) in [6, 6.07) is 23.5. The van der Waals surface area contributed by atoms with Crippen LogP contribution >= 0.6 is 0 Å². The van der Waals surface area contributed by atoms with Crippen molar-refractivity contribution in [3.05, 3.63) is 94.6 Å². The molecule has 0 aromatic heterocycles. The molecular weight excluding hydrogens is 446 g/mol. The van der Waals surface area contributed by atoms with E-state index in [2.05, 4.69) is 72.5 Å². The number of nitrogens with zero attached hydrogens (tertiary/aromatic N) is 1. The van der Waals surface area contributed by atoms with E-state index in [9.17, 15) is 0 Å². The van der Waals surface area contributed by atoms with Gasteiger partial charge in [-0.1, -0.05) is 60.0 Å². The molecule has 5 rings (SSSR count). The predicted octanol–water partition coefficient (Wildman–Crippen LogP) is 6.87. The van der Waals surface area contributed by atoms with E-state index in [4.69, 9.17) is 14.2 Å². The lowest BCUT2D eigenvalue weighted by molar-refractivity contribution is 0.183. The lowest BCUT2D eigenvalue weighted by Gasteiger charge is -2.26. The molecule has 0 saturated carbocycles. The fraction of sp³-hybridized carbons (Fsp3) is 0.375. The Labute approximate surface area is 215 Å². The van der Waals surface area contributed by atoms with Gasteiger partial charge in [-0.2, -0.15) is 0 Å². The minimum absolute atomic E-state index is 0.131. The summed E-state index contributed by atoms with van der Waals surface area (Å²) in [5.74, 6) is 2.91. The first-order valence-electron chi connectivity index (χ1n) is 13.2. The third-order valence-electron chi connectivity index (χ3n) is 7.30. The van der Waals surface area contributed by atoms with Crippen LogP contribution in [0.15, 0.2) is 72.3 Å². The van der Waals surface area contributed by atoms with E-state index in [1.807, 2.05) is 12.1 Å². The maximum Gasteiger partial charge on any atom is 0.123 e. The molecule has 3 aromatic rings. The number of hydrogen-bond acceptors (Lipinski definition) is 4. The van der Waals surface area contributed by atoms with Crippen LogP contribution in [0.2, 0.25) is 0 Å². The Morgan fingerprint density at radius 1 is 0.917 bits per heavy atom. The first-order valence-corrected chi connectivity index (χ1v) is 13.2. The zero-order valence-corrected chi connectivity index (χ0v) is 21.5. The van der Waals surface area contributed by atoms with Crippen LogP contribution in [0.3, 0.4) is 0 Å². The molecule has 0 radical (unpaired) electrons. The summed E-state index contributed by atoms with van der Waals surface area (Å²) >= 11 is 0. The topological polar surface area (TPSA) is 30.9 Å². The number of likely N-dealkylation sites (tertiary alicyclic amines) is 1. The number of aryl methyl sites for hydroxylation is 1. The number of hydrogen-bond donors (Lipinski definition) is 0. The quantitative estimate of drug-likeness (QED) is 0.367. The van der Waals surface area contributed by atoms with Crippen molar-refractivity contribution >= 4 is 6.08 Å². The van der Waals surface area contributed by atoms with E-state index >= 15 is 0 Å². The van der Waals surface area contributed by atoms with Gasteiger partial charge in [-0.15, -0.1) is 0 Å². The molecule has 4 heteroatoms. The molecule has 188 valence electrons. The lowest BCUT2D eigenvalue weighted by Crippen LogP contribution is -2.33. The zero-order chi connectivity index (χ0) is 24.7. The number of fused-ring (bicyclic) bond motifs is 1. The van der Waals surface area contributed by atoms with E-state index < -0.39 is 0 Å². The van der Waals surface area contributed by atoms with E-state index in [1.54, 1.807) is 7.11 Å². The van der Waals surface area contributed by atoms with Gasteiger partial charge < -0.3 is 14.2 Å². The van der Waals surface area contributed by atoms with E-state index in [0.29, 0.717) is 6.61 Å². The molecule has 0 N–H and O–H groups in total. The highest BCUT2D eigenvalue weighted by atomic mass is 16.5. The van der Waals surface area contributed by atoms with Crippen LogP contribution in [0.25, 0.3) is 6.08 Å². The van der Waals surface area contributed by atoms with E-state index in [0.717, 1.165) is 36.8 Å². The SMILES string of the molecule is COc1ccc(/C=C2\CCOc3ccc(C)cc3C2c2ccc(OCCN3CCCCC3)cc2)cc1. The van der Waals surface area contributed by atoms with Gasteiger partial charge in [0.15, 0.2) is 0 Å². The zero-order valence-electron chi connectivity index (χ0n) is 21.5. The van der Waals surface area contributed by atoms with Gasteiger partial charge in [-0.05, 0) is 74.3 Å². The Morgan fingerprint density at radius 3 is 2.42 bits per heavy atom. The van der Waals surface area contributed by atoms with E-state index in [1.165, 1.54) is 60.2 Å². The van der Waals surface area contributed by atoms with Crippen molar-refractivity contribution in [1.29, 1.82) is 0 Å². The van der Waals surface area contributed by atoms with Crippen LogP contribution in [-0.4, -0.2) is 44.9 Å². The van der Waals surface area contributed by atoms with Crippen molar-refractivity contribution in [1.82, 2.24) is 4.90 Å². The van der Waals surface area contributed by atoms with Gasteiger partial charge in [0.1, 0.15) is 23.9 Å². The van der Waals surface area contributed by atoms with Gasteiger partial charge in [-0.25, -0.2) is 0 Å². The van der Waals surface area contributed by atoms with Gasteiger partial charge >= 0.3 is 0 Å². The summed E-state index contributed by atoms with van der Waals surface area (Å²) < 4.78 is 17.7. The number of ether oxygens (including phenoxy) is 3. The molecule has 2 heterocycles. The van der Waals surface area contributed by atoms with Crippen LogP contribution in [0.1, 0.15) is 53.9 Å². The van der Waals surface area contributed by atoms with E-state index in [-0.39, 0.29) is 5.92 Å². The molecule has 4 nitrogen and oxygen atoms in total. The second kappa shape index (κ2) is 11.7. The molecule has 3 aromatic carbocycles. The maximum atomic E-state index is 6.20. The van der Waals surface area contributed by atoms with Crippen molar-refractivity contribution in [2.24, 2.45) is 0 Å². The number of methoxy groups -OCH3 is 1. The van der Waals surface area contributed by atoms with Crippen molar-refractivity contribution in [3.63, 3.8) is 0 Å². The van der Waals surface area contributed by atoms with Crippen LogP contribution in [0.5, 0.6) is 17.2 Å². The largest absolute Gasteiger partial charge is 0.497 e. The molecular formula is C32H37NO3. The van der Waals surface area contributed by atoms with Crippen LogP contribution in [0, 0.1) is 6.92 Å². The summed E-state index contributed by atoms with van der Waals surface area (Å²) in [5, 5.41) is 0. The monoisotopic (exact) mass is 483 g/mol. The maximum absolute atomic E-state index is 6.20. The standard InChI is InChI=1S/C32H37NO3/c1-24-6-15-31-30(22-24)32(27(16-20-36-31)23-25-7-11-28(34-2)12-8-25)26-9-13-29(14-10-26)35-21-19-33-17-4-3-5-18-33/h6-15,22-23,32H,3-5,16-21H2,1-2H3/b27-23+. The summed E-state index contributed by atoms with van der Waals surface area (Å²) in [6.07, 6.45) is 7.18. The van der Waals surface area contributed by atoms with Crippen molar-refractivity contribution in [2.45, 2.75) is 38.5 Å². The second-order valence-corrected chi connectivity index (χ2v) is 9.88. The molecule has 1 atom stereocenters. The average Bonchev–Trinajstić information content (AvgIpc) is 3.09. The Kier molecular flexibility index (Phi) is 7.92. The fourth-order valence-corrected chi connectivity index (χ4v) is 5.34. The van der Waals surface area contributed by atoms with Gasteiger partial charge in [-0.3, -0.25) is 4.90 Å². The summed E-state index contributed by atoms with van der Waals surface area (Å²) in [4.78, 5) is 2.51. The second-order valence-electron chi connectivity index (χ2n) is 9.88. The fourth-order valence-electron chi connectivity index (χ4n) is 5.34. The van der Waals surface area contributed by atoms with Gasteiger partial charge in [0.25, 0.3) is 0 Å². The van der Waals surface area contributed by atoms with Crippen LogP contribution in [-0.2, 0) is 0 Å². The Hall–Kier alpha value is -3.24. The highest BCUT2D eigenvalue weighted by Gasteiger charge is 2.26. The van der Waals surface area contributed by atoms with Crippen molar-refractivity contribution in [2.75, 3.05) is 40.0 Å². The Balaban J connectivity index is 1.40. The molecule has 0 aliphatic carbocycles. The molecule has 1 saturated heterocycles.